The van der Waals surface area contributed by atoms with Gasteiger partial charge in [0.25, 0.3) is 0 Å². The molecule has 1 saturated heterocycles. The maximum atomic E-state index is 12.2. The third kappa shape index (κ3) is 2.60. The van der Waals surface area contributed by atoms with Crippen molar-refractivity contribution in [1.29, 1.82) is 5.26 Å². The molecule has 23 heavy (non-hydrogen) atoms. The SMILES string of the molecule is CCC1(C#N)CCC(=O)N(CCc2c[nH]c3ccccc23)C1O. The molecule has 1 aromatic heterocycles. The van der Waals surface area contributed by atoms with E-state index >= 15 is 0 Å². The fourth-order valence-corrected chi connectivity index (χ4v) is 3.42. The molecule has 2 aromatic rings. The van der Waals surface area contributed by atoms with Crippen LogP contribution in [0.15, 0.2) is 30.5 Å². The van der Waals surface area contributed by atoms with E-state index in [1.165, 1.54) is 4.90 Å². The lowest BCUT2D eigenvalue weighted by molar-refractivity contribution is -0.159. The molecule has 1 aliphatic rings. The number of benzene rings is 1. The van der Waals surface area contributed by atoms with E-state index in [0.717, 1.165) is 16.5 Å². The summed E-state index contributed by atoms with van der Waals surface area (Å²) in [7, 11) is 0. The highest BCUT2D eigenvalue weighted by atomic mass is 16.3. The van der Waals surface area contributed by atoms with Gasteiger partial charge >= 0.3 is 0 Å². The molecular weight excluding hydrogens is 290 g/mol. The Labute approximate surface area is 135 Å². The lowest BCUT2D eigenvalue weighted by atomic mass is 9.77. The number of nitrogens with zero attached hydrogens (tertiary/aromatic N) is 2. The molecule has 0 aliphatic carbocycles. The zero-order valence-electron chi connectivity index (χ0n) is 13.2. The monoisotopic (exact) mass is 311 g/mol. The van der Waals surface area contributed by atoms with Crippen molar-refractivity contribution in [3.8, 4) is 6.07 Å². The van der Waals surface area contributed by atoms with E-state index in [-0.39, 0.29) is 5.91 Å². The fraction of sp³-hybridized carbons (Fsp3) is 0.444. The number of carbonyl (C=O) groups is 1. The molecule has 0 radical (unpaired) electrons. The minimum atomic E-state index is -1.02. The third-order valence-electron chi connectivity index (χ3n) is 5.05. The number of para-hydroxylation sites is 1. The number of aliphatic hydroxyl groups excluding tert-OH is 1. The number of aromatic nitrogens is 1. The smallest absolute Gasteiger partial charge is 0.224 e. The number of rotatable bonds is 4. The van der Waals surface area contributed by atoms with E-state index in [9.17, 15) is 15.2 Å². The number of carbonyl (C=O) groups excluding carboxylic acids is 1. The van der Waals surface area contributed by atoms with Gasteiger partial charge in [-0.3, -0.25) is 4.79 Å². The predicted octanol–water partition coefficient (Wildman–Crippen LogP) is 2.57. The van der Waals surface area contributed by atoms with E-state index in [1.807, 2.05) is 37.4 Å². The van der Waals surface area contributed by atoms with Crippen LogP contribution in [0.1, 0.15) is 31.7 Å². The summed E-state index contributed by atoms with van der Waals surface area (Å²) < 4.78 is 0. The average molecular weight is 311 g/mol. The molecule has 0 bridgehead atoms. The minimum absolute atomic E-state index is 0.0725. The van der Waals surface area contributed by atoms with Gasteiger partial charge in [-0.1, -0.05) is 25.1 Å². The van der Waals surface area contributed by atoms with Crippen LogP contribution in [0.2, 0.25) is 0 Å². The molecule has 1 aliphatic heterocycles. The predicted molar refractivity (Wildman–Crippen MR) is 87.3 cm³/mol. The van der Waals surface area contributed by atoms with Crippen molar-refractivity contribution < 1.29 is 9.90 Å². The Morgan fingerprint density at radius 1 is 1.48 bits per heavy atom. The summed E-state index contributed by atoms with van der Waals surface area (Å²) in [5.74, 6) is -0.0725. The van der Waals surface area contributed by atoms with Crippen LogP contribution in [0.5, 0.6) is 0 Å². The first-order chi connectivity index (χ1) is 11.1. The number of H-pyrrole nitrogens is 1. The summed E-state index contributed by atoms with van der Waals surface area (Å²) in [5.41, 5.74) is 1.34. The number of likely N-dealkylation sites (tertiary alicyclic amines) is 1. The Kier molecular flexibility index (Phi) is 4.10. The van der Waals surface area contributed by atoms with E-state index in [1.54, 1.807) is 0 Å². The summed E-state index contributed by atoms with van der Waals surface area (Å²) in [5, 5.41) is 21.2. The van der Waals surface area contributed by atoms with Crippen LogP contribution in [0.4, 0.5) is 0 Å². The van der Waals surface area contributed by atoms with Gasteiger partial charge in [0.1, 0.15) is 11.6 Å². The molecule has 0 spiro atoms. The van der Waals surface area contributed by atoms with Gasteiger partial charge < -0.3 is 15.0 Å². The maximum absolute atomic E-state index is 12.2. The number of fused-ring (bicyclic) bond motifs is 1. The summed E-state index contributed by atoms with van der Waals surface area (Å²) in [4.78, 5) is 16.9. The molecule has 120 valence electrons. The molecule has 1 aromatic carbocycles. The molecule has 2 N–H and O–H groups in total. The number of aromatic amines is 1. The van der Waals surface area contributed by atoms with Crippen LogP contribution in [0, 0.1) is 16.7 Å². The van der Waals surface area contributed by atoms with E-state index < -0.39 is 11.6 Å². The second-order valence-corrected chi connectivity index (χ2v) is 6.19. The third-order valence-corrected chi connectivity index (χ3v) is 5.05. The zero-order chi connectivity index (χ0) is 16.4. The fourth-order valence-electron chi connectivity index (χ4n) is 3.42. The number of amides is 1. The van der Waals surface area contributed by atoms with Gasteiger partial charge in [-0.25, -0.2) is 0 Å². The van der Waals surface area contributed by atoms with Crippen molar-refractivity contribution in [2.75, 3.05) is 6.54 Å². The highest BCUT2D eigenvalue weighted by Crippen LogP contribution is 2.37. The first-order valence-electron chi connectivity index (χ1n) is 8.05. The Balaban J connectivity index is 1.78. The molecule has 1 fully saturated rings. The Bertz CT molecular complexity index is 761. The number of aliphatic hydroxyl groups is 1. The zero-order valence-corrected chi connectivity index (χ0v) is 13.2. The van der Waals surface area contributed by atoms with Crippen LogP contribution in [0.3, 0.4) is 0 Å². The number of piperidine rings is 1. The van der Waals surface area contributed by atoms with Crippen molar-refractivity contribution in [3.05, 3.63) is 36.0 Å². The van der Waals surface area contributed by atoms with Crippen molar-refractivity contribution in [2.24, 2.45) is 5.41 Å². The molecular formula is C18H21N3O2. The molecule has 5 nitrogen and oxygen atoms in total. The largest absolute Gasteiger partial charge is 0.372 e. The van der Waals surface area contributed by atoms with Crippen molar-refractivity contribution >= 4 is 16.8 Å². The normalized spacial score (nSPS) is 24.8. The number of hydrogen-bond acceptors (Lipinski definition) is 3. The standard InChI is InChI=1S/C18H21N3O2/c1-2-18(12-19)9-7-16(22)21(17(18)23)10-8-13-11-20-15-6-4-3-5-14(13)15/h3-6,11,17,20,23H,2,7-10H2,1H3. The Morgan fingerprint density at radius 3 is 3.00 bits per heavy atom. The highest BCUT2D eigenvalue weighted by molar-refractivity contribution is 5.83. The molecule has 3 rings (SSSR count). The van der Waals surface area contributed by atoms with E-state index in [4.69, 9.17) is 0 Å². The second-order valence-electron chi connectivity index (χ2n) is 6.19. The summed E-state index contributed by atoms with van der Waals surface area (Å²) in [6, 6.07) is 10.3. The highest BCUT2D eigenvalue weighted by Gasteiger charge is 2.45. The second kappa shape index (κ2) is 6.05. The van der Waals surface area contributed by atoms with Crippen LogP contribution in [-0.4, -0.2) is 33.7 Å². The van der Waals surface area contributed by atoms with Gasteiger partial charge in [-0.2, -0.15) is 5.26 Å². The first kappa shape index (κ1) is 15.6. The molecule has 5 heteroatoms. The Hall–Kier alpha value is -2.32. The molecule has 2 unspecified atom stereocenters. The number of nitrogens with one attached hydrogen (secondary N) is 1. The van der Waals surface area contributed by atoms with Crippen LogP contribution >= 0.6 is 0 Å². The van der Waals surface area contributed by atoms with E-state index in [2.05, 4.69) is 11.1 Å². The quantitative estimate of drug-likeness (QED) is 0.910. The topological polar surface area (TPSA) is 80.1 Å². The van der Waals surface area contributed by atoms with Gasteiger partial charge in [0.15, 0.2) is 0 Å². The van der Waals surface area contributed by atoms with Gasteiger partial charge in [0.2, 0.25) is 5.91 Å². The number of hydrogen-bond donors (Lipinski definition) is 2. The van der Waals surface area contributed by atoms with Gasteiger partial charge in [0.05, 0.1) is 6.07 Å². The maximum Gasteiger partial charge on any atom is 0.224 e. The summed E-state index contributed by atoms with van der Waals surface area (Å²) in [6.45, 7) is 2.31. The molecule has 1 amide bonds. The average Bonchev–Trinajstić information content (AvgIpc) is 2.99. The molecule has 0 saturated carbocycles. The van der Waals surface area contributed by atoms with Crippen LogP contribution in [0.25, 0.3) is 10.9 Å². The van der Waals surface area contributed by atoms with Crippen LogP contribution in [-0.2, 0) is 11.2 Å². The van der Waals surface area contributed by atoms with E-state index in [0.29, 0.717) is 32.2 Å². The van der Waals surface area contributed by atoms with Crippen molar-refractivity contribution in [3.63, 3.8) is 0 Å². The van der Waals surface area contributed by atoms with Gasteiger partial charge in [-0.15, -0.1) is 0 Å². The van der Waals surface area contributed by atoms with Gasteiger partial charge in [0, 0.05) is 30.1 Å². The number of nitriles is 1. The van der Waals surface area contributed by atoms with Crippen LogP contribution < -0.4 is 0 Å². The lowest BCUT2D eigenvalue weighted by Crippen LogP contribution is -2.54. The Morgan fingerprint density at radius 2 is 2.26 bits per heavy atom. The summed E-state index contributed by atoms with van der Waals surface area (Å²) in [6.07, 6.45) is 2.88. The van der Waals surface area contributed by atoms with Crippen molar-refractivity contribution in [1.82, 2.24) is 9.88 Å². The lowest BCUT2D eigenvalue weighted by Gasteiger charge is -2.42. The molecule has 2 atom stereocenters. The minimum Gasteiger partial charge on any atom is -0.372 e. The summed E-state index contributed by atoms with van der Waals surface area (Å²) >= 11 is 0. The molecule has 2 heterocycles. The van der Waals surface area contributed by atoms with Crippen molar-refractivity contribution in [2.45, 2.75) is 38.8 Å². The first-order valence-corrected chi connectivity index (χ1v) is 8.05. The van der Waals surface area contributed by atoms with Gasteiger partial charge in [-0.05, 0) is 30.9 Å².